The first-order valence-electron chi connectivity index (χ1n) is 13.7. The van der Waals surface area contributed by atoms with Gasteiger partial charge in [0.2, 0.25) is 0 Å². The normalized spacial score (nSPS) is 20.9. The lowest BCUT2D eigenvalue weighted by atomic mass is 10.00. The van der Waals surface area contributed by atoms with Crippen LogP contribution in [0.25, 0.3) is 10.9 Å². The van der Waals surface area contributed by atoms with Gasteiger partial charge in [0.25, 0.3) is 0 Å². The van der Waals surface area contributed by atoms with E-state index in [-0.39, 0.29) is 24.1 Å². The molecule has 4 rings (SSSR count). The number of Topliss-reactive ketones (excluding diaryl/α,β-unsaturated/α-hetero) is 1. The van der Waals surface area contributed by atoms with Crippen molar-refractivity contribution in [1.29, 1.82) is 0 Å². The van der Waals surface area contributed by atoms with Gasteiger partial charge in [0.1, 0.15) is 11.4 Å². The van der Waals surface area contributed by atoms with E-state index in [0.717, 1.165) is 66.1 Å². The molecule has 2 saturated heterocycles. The number of rotatable bonds is 8. The minimum atomic E-state index is -0.584. The van der Waals surface area contributed by atoms with Gasteiger partial charge in [-0.1, -0.05) is 11.6 Å². The Hall–Kier alpha value is -1.68. The van der Waals surface area contributed by atoms with Crippen molar-refractivity contribution in [1.82, 2.24) is 14.7 Å². The molecule has 0 aliphatic carbocycles. The standard InChI is InChI=1S/C28H39BrClN3O5/c1-28(2,3)38-27(35)32-12-15-36-14-11-19(32)16-20(34)8-4-5-9-21-23(30)17-24-22(26(21)29)18-31-33(24)25-10-6-7-13-37-25/h17-19,25H,4-16H2,1-3H3. The Morgan fingerprint density at radius 2 is 2.00 bits per heavy atom. The molecule has 0 bridgehead atoms. The lowest BCUT2D eigenvalue weighted by Gasteiger charge is -2.31. The van der Waals surface area contributed by atoms with Crippen LogP contribution in [0, 0.1) is 0 Å². The molecule has 38 heavy (non-hydrogen) atoms. The second-order valence-corrected chi connectivity index (χ2v) is 12.4. The van der Waals surface area contributed by atoms with Crippen LogP contribution in [0.5, 0.6) is 0 Å². The molecule has 2 fully saturated rings. The summed E-state index contributed by atoms with van der Waals surface area (Å²) in [4.78, 5) is 27.3. The largest absolute Gasteiger partial charge is 0.444 e. The molecule has 1 aromatic carbocycles. The number of halogens is 2. The van der Waals surface area contributed by atoms with E-state index in [0.29, 0.717) is 44.0 Å². The van der Waals surface area contributed by atoms with Crippen LogP contribution in [-0.4, -0.2) is 64.6 Å². The van der Waals surface area contributed by atoms with Crippen molar-refractivity contribution in [2.24, 2.45) is 0 Å². The first kappa shape index (κ1) is 29.3. The summed E-state index contributed by atoms with van der Waals surface area (Å²) in [6.07, 6.45) is 8.37. The van der Waals surface area contributed by atoms with Crippen molar-refractivity contribution in [2.75, 3.05) is 26.4 Å². The van der Waals surface area contributed by atoms with Crippen LogP contribution in [-0.2, 0) is 25.4 Å². The zero-order valence-electron chi connectivity index (χ0n) is 22.6. The SMILES string of the molecule is CC(C)(C)OC(=O)N1CCOCCC1CC(=O)CCCCc1c(Cl)cc2c(cnn2C2CCCCO2)c1Br. The highest BCUT2D eigenvalue weighted by Gasteiger charge is 2.31. The molecule has 0 radical (unpaired) electrons. The van der Waals surface area contributed by atoms with E-state index >= 15 is 0 Å². The van der Waals surface area contributed by atoms with Gasteiger partial charge in [-0.3, -0.25) is 4.79 Å². The predicted octanol–water partition coefficient (Wildman–Crippen LogP) is 6.85. The molecule has 0 saturated carbocycles. The van der Waals surface area contributed by atoms with Gasteiger partial charge in [0.05, 0.1) is 18.3 Å². The van der Waals surface area contributed by atoms with Crippen LogP contribution in [0.2, 0.25) is 5.02 Å². The van der Waals surface area contributed by atoms with Gasteiger partial charge in [0.15, 0.2) is 6.23 Å². The minimum absolute atomic E-state index is 0.0488. The van der Waals surface area contributed by atoms with Crippen LogP contribution in [0.3, 0.4) is 0 Å². The van der Waals surface area contributed by atoms with Gasteiger partial charge < -0.3 is 19.1 Å². The summed E-state index contributed by atoms with van der Waals surface area (Å²) in [6.45, 7) is 7.72. The molecule has 10 heteroatoms. The van der Waals surface area contributed by atoms with Crippen molar-refractivity contribution in [2.45, 2.75) is 96.4 Å². The van der Waals surface area contributed by atoms with Crippen LogP contribution in [0.4, 0.5) is 4.79 Å². The Labute approximate surface area is 238 Å². The highest BCUT2D eigenvalue weighted by atomic mass is 79.9. The fraction of sp³-hybridized carbons (Fsp3) is 0.679. The van der Waals surface area contributed by atoms with E-state index in [9.17, 15) is 9.59 Å². The summed E-state index contributed by atoms with van der Waals surface area (Å²) in [5.74, 6) is 0.153. The summed E-state index contributed by atoms with van der Waals surface area (Å²) >= 11 is 10.5. The van der Waals surface area contributed by atoms with Crippen molar-refractivity contribution >= 4 is 50.3 Å². The van der Waals surface area contributed by atoms with Gasteiger partial charge in [-0.05, 0) is 93.3 Å². The number of hydrogen-bond acceptors (Lipinski definition) is 6. The number of carbonyl (C=O) groups is 2. The van der Waals surface area contributed by atoms with E-state index in [2.05, 4.69) is 21.0 Å². The third-order valence-corrected chi connectivity index (χ3v) is 8.30. The molecule has 2 aliphatic rings. The number of benzene rings is 1. The Kier molecular flexibility index (Phi) is 10.1. The first-order chi connectivity index (χ1) is 18.1. The molecule has 210 valence electrons. The Balaban J connectivity index is 1.31. The maximum atomic E-state index is 12.9. The van der Waals surface area contributed by atoms with Crippen LogP contribution in [0.1, 0.15) is 83.9 Å². The molecule has 0 N–H and O–H groups in total. The number of aromatic nitrogens is 2. The maximum Gasteiger partial charge on any atom is 0.410 e. The minimum Gasteiger partial charge on any atom is -0.444 e. The van der Waals surface area contributed by atoms with E-state index in [1.807, 2.05) is 37.7 Å². The fourth-order valence-electron chi connectivity index (χ4n) is 5.12. The number of carbonyl (C=O) groups excluding carboxylic acids is 2. The molecular weight excluding hydrogens is 574 g/mol. The van der Waals surface area contributed by atoms with Crippen LogP contribution in [0.15, 0.2) is 16.7 Å². The maximum absolute atomic E-state index is 12.9. The zero-order chi connectivity index (χ0) is 27.3. The highest BCUT2D eigenvalue weighted by molar-refractivity contribution is 9.10. The molecule has 2 aromatic rings. The number of fused-ring (bicyclic) bond motifs is 1. The summed E-state index contributed by atoms with van der Waals surface area (Å²) in [5, 5.41) is 6.31. The Morgan fingerprint density at radius 1 is 1.18 bits per heavy atom. The molecule has 2 atom stereocenters. The summed E-state index contributed by atoms with van der Waals surface area (Å²) in [5.41, 5.74) is 1.42. The molecule has 8 nitrogen and oxygen atoms in total. The molecule has 2 aliphatic heterocycles. The number of ether oxygens (including phenoxy) is 3. The highest BCUT2D eigenvalue weighted by Crippen LogP contribution is 2.36. The summed E-state index contributed by atoms with van der Waals surface area (Å²) < 4.78 is 19.9. The number of unbranched alkanes of at least 4 members (excludes halogenated alkanes) is 1. The number of amides is 1. The summed E-state index contributed by atoms with van der Waals surface area (Å²) in [7, 11) is 0. The molecule has 1 aromatic heterocycles. The number of hydrogen-bond donors (Lipinski definition) is 0. The first-order valence-corrected chi connectivity index (χ1v) is 14.9. The van der Waals surface area contributed by atoms with E-state index < -0.39 is 5.60 Å². The van der Waals surface area contributed by atoms with Gasteiger partial charge >= 0.3 is 6.09 Å². The van der Waals surface area contributed by atoms with Gasteiger partial charge in [0, 0.05) is 53.5 Å². The fourth-order valence-corrected chi connectivity index (χ4v) is 6.24. The number of ketones is 1. The second-order valence-electron chi connectivity index (χ2n) is 11.2. The zero-order valence-corrected chi connectivity index (χ0v) is 25.0. The Bertz CT molecular complexity index is 1130. The quantitative estimate of drug-likeness (QED) is 0.303. The molecule has 0 spiro atoms. The third kappa shape index (κ3) is 7.49. The topological polar surface area (TPSA) is 82.9 Å². The average Bonchev–Trinajstić information content (AvgIpc) is 3.14. The van der Waals surface area contributed by atoms with E-state index in [4.69, 9.17) is 25.8 Å². The second kappa shape index (κ2) is 13.1. The molecule has 3 heterocycles. The van der Waals surface area contributed by atoms with Crippen molar-refractivity contribution in [3.8, 4) is 0 Å². The van der Waals surface area contributed by atoms with Gasteiger partial charge in [-0.15, -0.1) is 0 Å². The summed E-state index contributed by atoms with van der Waals surface area (Å²) in [6, 6.07) is 1.78. The van der Waals surface area contributed by atoms with Crippen molar-refractivity contribution in [3.05, 3.63) is 27.3 Å². The lowest BCUT2D eigenvalue weighted by Crippen LogP contribution is -2.44. The average molecular weight is 613 g/mol. The van der Waals surface area contributed by atoms with Gasteiger partial charge in [-0.25, -0.2) is 9.48 Å². The smallest absolute Gasteiger partial charge is 0.410 e. The lowest BCUT2D eigenvalue weighted by molar-refractivity contribution is -0.120. The molecule has 2 unspecified atom stereocenters. The number of nitrogens with zero attached hydrogens (tertiary/aromatic N) is 3. The van der Waals surface area contributed by atoms with Crippen molar-refractivity contribution in [3.63, 3.8) is 0 Å². The van der Waals surface area contributed by atoms with E-state index in [1.165, 1.54) is 0 Å². The van der Waals surface area contributed by atoms with Gasteiger partial charge in [-0.2, -0.15) is 5.10 Å². The van der Waals surface area contributed by atoms with Crippen LogP contribution < -0.4 is 0 Å². The molecule has 1 amide bonds. The predicted molar refractivity (Wildman–Crippen MR) is 151 cm³/mol. The monoisotopic (exact) mass is 611 g/mol. The third-order valence-electron chi connectivity index (χ3n) is 7.05. The van der Waals surface area contributed by atoms with Crippen LogP contribution >= 0.6 is 27.5 Å². The van der Waals surface area contributed by atoms with E-state index in [1.54, 1.807) is 4.90 Å². The molecular formula is C28H39BrClN3O5. The van der Waals surface area contributed by atoms with Crippen molar-refractivity contribution < 1.29 is 23.8 Å². The Morgan fingerprint density at radius 3 is 2.74 bits per heavy atom.